The Kier molecular flexibility index (Phi) is 12.6. The van der Waals surface area contributed by atoms with Crippen molar-refractivity contribution in [2.24, 2.45) is 4.99 Å². The van der Waals surface area contributed by atoms with Crippen molar-refractivity contribution in [3.05, 3.63) is 65.5 Å². The summed E-state index contributed by atoms with van der Waals surface area (Å²) in [6.45, 7) is 5.88. The van der Waals surface area contributed by atoms with E-state index in [4.69, 9.17) is 4.74 Å². The van der Waals surface area contributed by atoms with Crippen LogP contribution in [0.4, 0.5) is 4.39 Å². The first-order valence-corrected chi connectivity index (χ1v) is 10.3. The highest BCUT2D eigenvalue weighted by atomic mass is 127. The summed E-state index contributed by atoms with van der Waals surface area (Å²) in [7, 11) is 1.62. The molecular weight excluding hydrogens is 510 g/mol. The number of carbonyl (C=O) groups is 1. The SMILES string of the molecule is CCNC(=NCC(CC)Oc1cccc(F)c1)NCCc1cccc(C(=O)NC)c1.I. The highest BCUT2D eigenvalue weighted by Gasteiger charge is 2.09. The summed E-state index contributed by atoms with van der Waals surface area (Å²) < 4.78 is 19.2. The van der Waals surface area contributed by atoms with Crippen LogP contribution in [0.15, 0.2) is 53.5 Å². The summed E-state index contributed by atoms with van der Waals surface area (Å²) in [6.07, 6.45) is 1.37. The zero-order valence-corrected chi connectivity index (χ0v) is 20.6. The van der Waals surface area contributed by atoms with Gasteiger partial charge in [0.1, 0.15) is 17.7 Å². The van der Waals surface area contributed by atoms with Crippen LogP contribution < -0.4 is 20.7 Å². The maximum atomic E-state index is 13.4. The second kappa shape index (κ2) is 14.6. The van der Waals surface area contributed by atoms with Gasteiger partial charge in [0.05, 0.1) is 6.54 Å². The van der Waals surface area contributed by atoms with Crippen LogP contribution in [0.1, 0.15) is 36.2 Å². The van der Waals surface area contributed by atoms with E-state index >= 15 is 0 Å². The molecule has 0 heterocycles. The number of guanidine groups is 1. The number of ether oxygens (including phenoxy) is 1. The molecule has 170 valence electrons. The van der Waals surface area contributed by atoms with Crippen molar-refractivity contribution in [1.82, 2.24) is 16.0 Å². The van der Waals surface area contributed by atoms with E-state index in [2.05, 4.69) is 20.9 Å². The maximum absolute atomic E-state index is 13.4. The summed E-state index contributed by atoms with van der Waals surface area (Å²) in [4.78, 5) is 16.4. The molecule has 6 nitrogen and oxygen atoms in total. The standard InChI is InChI=1S/C23H31FN4O2.HI/c1-4-20(30-21-11-7-10-19(24)15-21)16-28-23(26-5-2)27-13-12-17-8-6-9-18(14-17)22(29)25-3;/h6-11,14-15,20H,4-5,12-13,16H2,1-3H3,(H,25,29)(H2,26,27,28);1H. The molecule has 0 saturated heterocycles. The van der Waals surface area contributed by atoms with E-state index in [1.165, 1.54) is 12.1 Å². The van der Waals surface area contributed by atoms with Gasteiger partial charge in [-0.25, -0.2) is 9.38 Å². The normalized spacial score (nSPS) is 11.8. The molecule has 1 unspecified atom stereocenters. The third-order valence-corrected chi connectivity index (χ3v) is 4.47. The monoisotopic (exact) mass is 542 g/mol. The molecule has 0 aromatic heterocycles. The first kappa shape index (κ1) is 26.7. The van der Waals surface area contributed by atoms with E-state index in [0.717, 1.165) is 24.9 Å². The van der Waals surface area contributed by atoms with Crippen molar-refractivity contribution in [2.75, 3.05) is 26.7 Å². The summed E-state index contributed by atoms with van der Waals surface area (Å²) in [5, 5.41) is 9.16. The maximum Gasteiger partial charge on any atom is 0.251 e. The summed E-state index contributed by atoms with van der Waals surface area (Å²) in [6, 6.07) is 13.7. The Bertz CT molecular complexity index is 848. The zero-order valence-electron chi connectivity index (χ0n) is 18.3. The number of aliphatic imine (C=N–C) groups is 1. The molecule has 2 aromatic rings. The summed E-state index contributed by atoms with van der Waals surface area (Å²) in [5.41, 5.74) is 1.72. The molecule has 3 N–H and O–H groups in total. The first-order chi connectivity index (χ1) is 14.5. The second-order valence-electron chi connectivity index (χ2n) is 6.78. The van der Waals surface area contributed by atoms with Gasteiger partial charge >= 0.3 is 0 Å². The molecule has 0 aliphatic rings. The Morgan fingerprint density at radius 3 is 2.58 bits per heavy atom. The number of hydrogen-bond acceptors (Lipinski definition) is 3. The molecule has 0 bridgehead atoms. The molecular formula is C23H32FIN4O2. The molecule has 0 fully saturated rings. The lowest BCUT2D eigenvalue weighted by Crippen LogP contribution is -2.39. The number of rotatable bonds is 10. The third kappa shape index (κ3) is 9.54. The van der Waals surface area contributed by atoms with Crippen molar-refractivity contribution in [3.8, 4) is 5.75 Å². The van der Waals surface area contributed by atoms with E-state index in [9.17, 15) is 9.18 Å². The lowest BCUT2D eigenvalue weighted by molar-refractivity contribution is 0.0963. The number of nitrogens with zero attached hydrogens (tertiary/aromatic N) is 1. The molecule has 2 aromatic carbocycles. The Morgan fingerprint density at radius 2 is 1.90 bits per heavy atom. The Morgan fingerprint density at radius 1 is 1.13 bits per heavy atom. The first-order valence-electron chi connectivity index (χ1n) is 10.3. The van der Waals surface area contributed by atoms with Gasteiger partial charge in [0.15, 0.2) is 5.96 Å². The zero-order chi connectivity index (χ0) is 21.8. The average molecular weight is 542 g/mol. The molecule has 2 rings (SSSR count). The molecule has 0 aliphatic heterocycles. The fourth-order valence-electron chi connectivity index (χ4n) is 2.85. The van der Waals surface area contributed by atoms with Gasteiger partial charge in [0.25, 0.3) is 5.91 Å². The predicted octanol–water partition coefficient (Wildman–Crippen LogP) is 3.76. The lowest BCUT2D eigenvalue weighted by Gasteiger charge is -2.17. The number of carbonyl (C=O) groups excluding carboxylic acids is 1. The predicted molar refractivity (Wildman–Crippen MR) is 134 cm³/mol. The minimum absolute atomic E-state index is 0. The van der Waals surface area contributed by atoms with Crippen LogP contribution in [-0.2, 0) is 6.42 Å². The van der Waals surface area contributed by atoms with Crippen LogP contribution in [-0.4, -0.2) is 44.7 Å². The van der Waals surface area contributed by atoms with Crippen LogP contribution in [0, 0.1) is 5.82 Å². The van der Waals surface area contributed by atoms with E-state index < -0.39 is 0 Å². The average Bonchev–Trinajstić information content (AvgIpc) is 2.76. The molecule has 31 heavy (non-hydrogen) atoms. The van der Waals surface area contributed by atoms with Gasteiger partial charge in [0.2, 0.25) is 0 Å². The quantitative estimate of drug-likeness (QED) is 0.243. The summed E-state index contributed by atoms with van der Waals surface area (Å²) >= 11 is 0. The molecule has 0 saturated carbocycles. The largest absolute Gasteiger partial charge is 0.488 e. The second-order valence-corrected chi connectivity index (χ2v) is 6.78. The minimum atomic E-state index is -0.318. The molecule has 0 radical (unpaired) electrons. The third-order valence-electron chi connectivity index (χ3n) is 4.47. The van der Waals surface area contributed by atoms with Gasteiger partial charge in [-0.2, -0.15) is 0 Å². The highest BCUT2D eigenvalue weighted by Crippen LogP contribution is 2.15. The van der Waals surface area contributed by atoms with Crippen LogP contribution in [0.2, 0.25) is 0 Å². The van der Waals surface area contributed by atoms with Crippen molar-refractivity contribution in [1.29, 1.82) is 0 Å². The van der Waals surface area contributed by atoms with Crippen LogP contribution in [0.5, 0.6) is 5.75 Å². The number of amides is 1. The molecule has 1 atom stereocenters. The topological polar surface area (TPSA) is 74.8 Å². The molecule has 0 spiro atoms. The number of hydrogen-bond donors (Lipinski definition) is 3. The van der Waals surface area contributed by atoms with Crippen LogP contribution in [0.3, 0.4) is 0 Å². The van der Waals surface area contributed by atoms with Gasteiger partial charge in [-0.15, -0.1) is 24.0 Å². The Balaban J connectivity index is 0.00000480. The van der Waals surface area contributed by atoms with Crippen LogP contribution >= 0.6 is 24.0 Å². The van der Waals surface area contributed by atoms with Gasteiger partial charge in [-0.3, -0.25) is 4.79 Å². The Hall–Kier alpha value is -2.36. The Labute approximate surface area is 201 Å². The van der Waals surface area contributed by atoms with Gasteiger partial charge < -0.3 is 20.7 Å². The molecule has 8 heteroatoms. The van der Waals surface area contributed by atoms with Crippen molar-refractivity contribution in [3.63, 3.8) is 0 Å². The lowest BCUT2D eigenvalue weighted by atomic mass is 10.1. The minimum Gasteiger partial charge on any atom is -0.488 e. The van der Waals surface area contributed by atoms with E-state index in [-0.39, 0.29) is 41.8 Å². The number of halogens is 2. The van der Waals surface area contributed by atoms with Crippen molar-refractivity contribution < 1.29 is 13.9 Å². The van der Waals surface area contributed by atoms with E-state index in [1.807, 2.05) is 32.0 Å². The van der Waals surface area contributed by atoms with E-state index in [0.29, 0.717) is 30.4 Å². The van der Waals surface area contributed by atoms with Gasteiger partial charge in [-0.1, -0.05) is 25.1 Å². The van der Waals surface area contributed by atoms with E-state index in [1.54, 1.807) is 25.2 Å². The van der Waals surface area contributed by atoms with Crippen LogP contribution in [0.25, 0.3) is 0 Å². The smallest absolute Gasteiger partial charge is 0.251 e. The number of nitrogens with one attached hydrogen (secondary N) is 3. The molecule has 0 aliphatic carbocycles. The van der Waals surface area contributed by atoms with Gasteiger partial charge in [-0.05, 0) is 49.6 Å². The van der Waals surface area contributed by atoms with Crippen molar-refractivity contribution in [2.45, 2.75) is 32.8 Å². The summed E-state index contributed by atoms with van der Waals surface area (Å²) in [5.74, 6) is 0.789. The van der Waals surface area contributed by atoms with Gasteiger partial charge in [0, 0.05) is 31.8 Å². The fraction of sp³-hybridized carbons (Fsp3) is 0.391. The van der Waals surface area contributed by atoms with Crippen molar-refractivity contribution >= 4 is 35.8 Å². The fourth-order valence-corrected chi connectivity index (χ4v) is 2.85. The molecule has 1 amide bonds. The number of benzene rings is 2. The highest BCUT2D eigenvalue weighted by molar-refractivity contribution is 14.0.